The number of hydrogen-bond acceptors (Lipinski definition) is 4. The van der Waals surface area contributed by atoms with E-state index in [0.29, 0.717) is 6.61 Å². The number of aromatic nitrogens is 1. The fourth-order valence-electron chi connectivity index (χ4n) is 2.13. The Morgan fingerprint density at radius 2 is 2.47 bits per heavy atom. The average molecular weight is 261 g/mol. The van der Waals surface area contributed by atoms with Crippen LogP contribution in [0.3, 0.4) is 0 Å². The summed E-state index contributed by atoms with van der Waals surface area (Å²) in [4.78, 5) is 6.48. The van der Waals surface area contributed by atoms with Gasteiger partial charge in [0.15, 0.2) is 0 Å². The molecule has 1 unspecified atom stereocenters. The Hall–Kier alpha value is -1.39. The van der Waals surface area contributed by atoms with Crippen LogP contribution in [0.5, 0.6) is 0 Å². The number of pyridine rings is 1. The first-order valence-corrected chi connectivity index (χ1v) is 7.05. The third-order valence-corrected chi connectivity index (χ3v) is 3.17. The van der Waals surface area contributed by atoms with Crippen LogP contribution in [0.15, 0.2) is 36.7 Å². The Bertz CT molecular complexity index is 380. The van der Waals surface area contributed by atoms with Crippen molar-refractivity contribution < 1.29 is 4.74 Å². The van der Waals surface area contributed by atoms with Crippen molar-refractivity contribution in [3.05, 3.63) is 36.7 Å². The standard InChI is InChI=1S/C15H23N3O/c1-2-3-4-5-11-19-15-13-18(10-9-17-15)14-7-6-8-16-12-14/h4-8,12,15,17H,2-3,9-11,13H2,1H3. The summed E-state index contributed by atoms with van der Waals surface area (Å²) in [6.07, 6.45) is 10.4. The lowest BCUT2D eigenvalue weighted by molar-refractivity contribution is 0.0459. The van der Waals surface area contributed by atoms with Gasteiger partial charge in [-0.25, -0.2) is 0 Å². The molecule has 0 bridgehead atoms. The summed E-state index contributed by atoms with van der Waals surface area (Å²) in [6, 6.07) is 4.07. The largest absolute Gasteiger partial charge is 0.365 e. The third kappa shape index (κ3) is 4.65. The lowest BCUT2D eigenvalue weighted by Crippen LogP contribution is -2.52. The summed E-state index contributed by atoms with van der Waals surface area (Å²) in [6.45, 7) is 5.67. The molecule has 1 aromatic rings. The minimum Gasteiger partial charge on any atom is -0.365 e. The Kier molecular flexibility index (Phi) is 5.85. The second kappa shape index (κ2) is 7.92. The van der Waals surface area contributed by atoms with Crippen LogP contribution in [0.25, 0.3) is 0 Å². The SMILES string of the molecule is CCCC=CCOC1CN(c2cccnc2)CCN1. The van der Waals surface area contributed by atoms with Gasteiger partial charge in [0.05, 0.1) is 25.0 Å². The van der Waals surface area contributed by atoms with Crippen molar-refractivity contribution >= 4 is 5.69 Å². The Labute approximate surface area is 115 Å². The van der Waals surface area contributed by atoms with Crippen molar-refractivity contribution in [2.75, 3.05) is 31.1 Å². The molecule has 1 fully saturated rings. The summed E-state index contributed by atoms with van der Waals surface area (Å²) in [5, 5.41) is 3.39. The summed E-state index contributed by atoms with van der Waals surface area (Å²) in [7, 11) is 0. The Morgan fingerprint density at radius 3 is 3.26 bits per heavy atom. The highest BCUT2D eigenvalue weighted by Gasteiger charge is 2.19. The van der Waals surface area contributed by atoms with E-state index in [0.717, 1.165) is 26.1 Å². The molecule has 1 saturated heterocycles. The van der Waals surface area contributed by atoms with Gasteiger partial charge < -0.3 is 9.64 Å². The number of rotatable bonds is 6. The smallest absolute Gasteiger partial charge is 0.126 e. The number of nitrogens with one attached hydrogen (secondary N) is 1. The van der Waals surface area contributed by atoms with Gasteiger partial charge in [-0.2, -0.15) is 0 Å². The van der Waals surface area contributed by atoms with Crippen LogP contribution in [0.1, 0.15) is 19.8 Å². The van der Waals surface area contributed by atoms with Crippen LogP contribution >= 0.6 is 0 Å². The van der Waals surface area contributed by atoms with Crippen molar-refractivity contribution in [1.82, 2.24) is 10.3 Å². The molecule has 1 atom stereocenters. The van der Waals surface area contributed by atoms with Crippen LogP contribution < -0.4 is 10.2 Å². The third-order valence-electron chi connectivity index (χ3n) is 3.17. The molecule has 0 radical (unpaired) electrons. The molecule has 0 aromatic carbocycles. The summed E-state index contributed by atoms with van der Waals surface area (Å²) >= 11 is 0. The van der Waals surface area contributed by atoms with E-state index in [1.54, 1.807) is 6.20 Å². The second-order valence-corrected chi connectivity index (χ2v) is 4.69. The first-order chi connectivity index (χ1) is 9.40. The van der Waals surface area contributed by atoms with E-state index in [9.17, 15) is 0 Å². The zero-order chi connectivity index (χ0) is 13.3. The van der Waals surface area contributed by atoms with Gasteiger partial charge in [-0.05, 0) is 18.6 Å². The van der Waals surface area contributed by atoms with Gasteiger partial charge in [-0.1, -0.05) is 25.5 Å². The van der Waals surface area contributed by atoms with Gasteiger partial charge in [0.25, 0.3) is 0 Å². The van der Waals surface area contributed by atoms with Crippen LogP contribution in [-0.4, -0.2) is 37.5 Å². The maximum Gasteiger partial charge on any atom is 0.126 e. The molecule has 0 saturated carbocycles. The number of anilines is 1. The van der Waals surface area contributed by atoms with Crippen LogP contribution in [0.2, 0.25) is 0 Å². The van der Waals surface area contributed by atoms with E-state index in [4.69, 9.17) is 4.74 Å². The van der Waals surface area contributed by atoms with E-state index in [-0.39, 0.29) is 6.23 Å². The molecule has 4 nitrogen and oxygen atoms in total. The quantitative estimate of drug-likeness (QED) is 0.797. The predicted octanol–water partition coefficient (Wildman–Crippen LogP) is 2.19. The molecule has 1 aliphatic rings. The summed E-state index contributed by atoms with van der Waals surface area (Å²) < 4.78 is 5.82. The van der Waals surface area contributed by atoms with Crippen LogP contribution in [-0.2, 0) is 4.74 Å². The molecule has 19 heavy (non-hydrogen) atoms. The fourth-order valence-corrected chi connectivity index (χ4v) is 2.13. The number of hydrogen-bond donors (Lipinski definition) is 1. The highest BCUT2D eigenvalue weighted by atomic mass is 16.5. The van der Waals surface area contributed by atoms with Gasteiger partial charge >= 0.3 is 0 Å². The predicted molar refractivity (Wildman–Crippen MR) is 78.2 cm³/mol. The van der Waals surface area contributed by atoms with Crippen molar-refractivity contribution in [3.63, 3.8) is 0 Å². The van der Waals surface area contributed by atoms with Crippen molar-refractivity contribution in [3.8, 4) is 0 Å². The van der Waals surface area contributed by atoms with Gasteiger partial charge in [-0.15, -0.1) is 0 Å². The van der Waals surface area contributed by atoms with Gasteiger partial charge in [0.2, 0.25) is 0 Å². The molecular formula is C15H23N3O. The van der Waals surface area contributed by atoms with Crippen LogP contribution in [0, 0.1) is 0 Å². The van der Waals surface area contributed by atoms with Crippen molar-refractivity contribution in [1.29, 1.82) is 0 Å². The number of piperazine rings is 1. The van der Waals surface area contributed by atoms with Gasteiger partial charge in [0.1, 0.15) is 6.23 Å². The maximum absolute atomic E-state index is 5.82. The molecule has 104 valence electrons. The molecule has 2 rings (SSSR count). The fraction of sp³-hybridized carbons (Fsp3) is 0.533. The zero-order valence-electron chi connectivity index (χ0n) is 11.6. The van der Waals surface area contributed by atoms with E-state index in [1.807, 2.05) is 12.3 Å². The molecule has 0 aliphatic carbocycles. The van der Waals surface area contributed by atoms with Gasteiger partial charge in [0, 0.05) is 19.3 Å². The van der Waals surface area contributed by atoms with E-state index >= 15 is 0 Å². The summed E-state index contributed by atoms with van der Waals surface area (Å²) in [5.74, 6) is 0. The first kappa shape index (κ1) is 14.0. The zero-order valence-corrected chi connectivity index (χ0v) is 11.6. The average Bonchev–Trinajstić information content (AvgIpc) is 2.48. The van der Waals surface area contributed by atoms with E-state index in [1.165, 1.54) is 12.1 Å². The Balaban J connectivity index is 1.78. The van der Waals surface area contributed by atoms with Crippen LogP contribution in [0.4, 0.5) is 5.69 Å². The second-order valence-electron chi connectivity index (χ2n) is 4.69. The lowest BCUT2D eigenvalue weighted by atomic mass is 10.3. The van der Waals surface area contributed by atoms with E-state index in [2.05, 4.69) is 40.3 Å². The van der Waals surface area contributed by atoms with E-state index < -0.39 is 0 Å². The monoisotopic (exact) mass is 261 g/mol. The molecular weight excluding hydrogens is 238 g/mol. The number of nitrogens with zero attached hydrogens (tertiary/aromatic N) is 2. The molecule has 2 heterocycles. The number of ether oxygens (including phenoxy) is 1. The number of allylic oxidation sites excluding steroid dienone is 1. The highest BCUT2D eigenvalue weighted by Crippen LogP contribution is 2.14. The van der Waals surface area contributed by atoms with Crippen molar-refractivity contribution in [2.45, 2.75) is 26.0 Å². The maximum atomic E-state index is 5.82. The van der Waals surface area contributed by atoms with Gasteiger partial charge in [-0.3, -0.25) is 10.3 Å². The summed E-state index contributed by atoms with van der Waals surface area (Å²) in [5.41, 5.74) is 1.17. The normalized spacial score (nSPS) is 20.1. The molecule has 0 amide bonds. The minimum absolute atomic E-state index is 0.0974. The molecule has 1 aromatic heterocycles. The first-order valence-electron chi connectivity index (χ1n) is 7.05. The minimum atomic E-state index is 0.0974. The van der Waals surface area contributed by atoms with Crippen molar-refractivity contribution in [2.24, 2.45) is 0 Å². The molecule has 1 aliphatic heterocycles. The topological polar surface area (TPSA) is 37.4 Å². The highest BCUT2D eigenvalue weighted by molar-refractivity contribution is 5.44. The lowest BCUT2D eigenvalue weighted by Gasteiger charge is -2.34. The Morgan fingerprint density at radius 1 is 1.53 bits per heavy atom. The molecule has 1 N–H and O–H groups in total. The number of unbranched alkanes of at least 4 members (excludes halogenated alkanes) is 1. The molecule has 0 spiro atoms. The molecule has 4 heteroatoms.